The molecule has 0 spiro atoms. The first kappa shape index (κ1) is 21.1. The number of carbonyl (C=O) groups is 2. The van der Waals surface area contributed by atoms with Crippen LogP contribution in [0, 0.1) is 0 Å². The Bertz CT molecular complexity index is 956. The second kappa shape index (κ2) is 10.3. The number of aliphatic hydroxyl groups excluding tert-OH is 1. The number of aliphatic hydroxyl groups is 1. The highest BCUT2D eigenvalue weighted by Crippen LogP contribution is 2.17. The van der Waals surface area contributed by atoms with E-state index in [1.165, 1.54) is 0 Å². The largest absolute Gasteiger partial charge is 0.467 e. The maximum absolute atomic E-state index is 12.7. The van der Waals surface area contributed by atoms with Gasteiger partial charge in [0.1, 0.15) is 5.76 Å². The molecule has 3 N–H and O–H groups in total. The van der Waals surface area contributed by atoms with E-state index in [1.54, 1.807) is 54.5 Å². The van der Waals surface area contributed by atoms with Gasteiger partial charge in [0.25, 0.3) is 5.91 Å². The molecule has 0 fully saturated rings. The van der Waals surface area contributed by atoms with Crippen molar-refractivity contribution in [3.05, 3.63) is 84.3 Å². The number of benzene rings is 2. The fraction of sp³-hybridized carbons (Fsp3) is 0.217. The maximum Gasteiger partial charge on any atom is 0.253 e. The first-order chi connectivity index (χ1) is 14.5. The number of nitrogens with one attached hydrogen (secondary N) is 2. The second-order valence-corrected chi connectivity index (χ2v) is 6.92. The predicted molar refractivity (Wildman–Crippen MR) is 115 cm³/mol. The van der Waals surface area contributed by atoms with Crippen LogP contribution >= 0.6 is 0 Å². The van der Waals surface area contributed by atoms with Crippen LogP contribution in [0.15, 0.2) is 77.4 Å². The minimum atomic E-state index is -0.599. The van der Waals surface area contributed by atoms with Gasteiger partial charge in [-0.05, 0) is 43.3 Å². The number of nitrogens with zero attached hydrogens (tertiary/aromatic N) is 1. The summed E-state index contributed by atoms with van der Waals surface area (Å²) in [4.78, 5) is 27.1. The molecule has 0 bridgehead atoms. The standard InChI is InChI=1S/C23H25N3O4/c1-17(27)15-26(18-8-3-2-4-9-18)16-22(28)25-21-12-6-5-11-20(21)23(29)24-14-19-10-7-13-30-19/h2-13,17,27H,14-16H2,1H3,(H,24,29)(H,25,28). The Morgan fingerprint density at radius 1 is 1.03 bits per heavy atom. The van der Waals surface area contributed by atoms with Crippen LogP contribution in [0.25, 0.3) is 0 Å². The molecule has 3 aromatic rings. The van der Waals surface area contributed by atoms with Crippen LogP contribution in [0.4, 0.5) is 11.4 Å². The lowest BCUT2D eigenvalue weighted by Gasteiger charge is -2.25. The molecule has 1 heterocycles. The summed E-state index contributed by atoms with van der Waals surface area (Å²) in [5, 5.41) is 15.4. The predicted octanol–water partition coefficient (Wildman–Crippen LogP) is 3.04. The number of furan rings is 1. The molecule has 0 aliphatic rings. The van der Waals surface area contributed by atoms with Crippen LogP contribution in [0.3, 0.4) is 0 Å². The van der Waals surface area contributed by atoms with Gasteiger partial charge in [0.15, 0.2) is 0 Å². The fourth-order valence-corrected chi connectivity index (χ4v) is 3.05. The molecule has 1 unspecified atom stereocenters. The molecule has 1 atom stereocenters. The van der Waals surface area contributed by atoms with E-state index in [-0.39, 0.29) is 24.9 Å². The van der Waals surface area contributed by atoms with Crippen molar-refractivity contribution in [1.29, 1.82) is 0 Å². The Morgan fingerprint density at radius 2 is 1.77 bits per heavy atom. The minimum absolute atomic E-state index is 0.0390. The summed E-state index contributed by atoms with van der Waals surface area (Å²) in [6.07, 6.45) is 0.944. The Labute approximate surface area is 175 Å². The normalized spacial score (nSPS) is 11.5. The average molecular weight is 407 g/mol. The molecule has 0 radical (unpaired) electrons. The van der Waals surface area contributed by atoms with E-state index in [4.69, 9.17) is 4.42 Å². The summed E-state index contributed by atoms with van der Waals surface area (Å²) in [5.41, 5.74) is 1.61. The SMILES string of the molecule is CC(O)CN(CC(=O)Nc1ccccc1C(=O)NCc1ccco1)c1ccccc1. The average Bonchev–Trinajstić information content (AvgIpc) is 3.26. The molecule has 156 valence electrons. The second-order valence-electron chi connectivity index (χ2n) is 6.92. The summed E-state index contributed by atoms with van der Waals surface area (Å²) < 4.78 is 5.22. The zero-order valence-electron chi connectivity index (χ0n) is 16.7. The van der Waals surface area contributed by atoms with Crippen molar-refractivity contribution in [3.63, 3.8) is 0 Å². The van der Waals surface area contributed by atoms with Gasteiger partial charge < -0.3 is 25.1 Å². The van der Waals surface area contributed by atoms with Crippen LogP contribution in [0.5, 0.6) is 0 Å². The Kier molecular flexibility index (Phi) is 7.24. The van der Waals surface area contributed by atoms with Crippen LogP contribution < -0.4 is 15.5 Å². The number of para-hydroxylation sites is 2. The zero-order valence-corrected chi connectivity index (χ0v) is 16.7. The first-order valence-corrected chi connectivity index (χ1v) is 9.70. The quantitative estimate of drug-likeness (QED) is 0.507. The van der Waals surface area contributed by atoms with E-state index < -0.39 is 6.10 Å². The van der Waals surface area contributed by atoms with Gasteiger partial charge in [-0.3, -0.25) is 9.59 Å². The van der Waals surface area contributed by atoms with E-state index in [2.05, 4.69) is 10.6 Å². The molecular formula is C23H25N3O4. The van der Waals surface area contributed by atoms with Gasteiger partial charge in [-0.2, -0.15) is 0 Å². The number of rotatable bonds is 9. The lowest BCUT2D eigenvalue weighted by atomic mass is 10.1. The molecule has 0 aliphatic heterocycles. The molecule has 0 saturated heterocycles. The van der Waals surface area contributed by atoms with Crippen LogP contribution in [0.2, 0.25) is 0 Å². The molecule has 0 saturated carbocycles. The number of hydrogen-bond donors (Lipinski definition) is 3. The van der Waals surface area contributed by atoms with Gasteiger partial charge in [0.05, 0.1) is 36.7 Å². The van der Waals surface area contributed by atoms with Gasteiger partial charge in [0.2, 0.25) is 5.91 Å². The van der Waals surface area contributed by atoms with Crippen molar-refractivity contribution < 1.29 is 19.1 Å². The Hall–Kier alpha value is -3.58. The van der Waals surface area contributed by atoms with Crippen LogP contribution in [-0.2, 0) is 11.3 Å². The Morgan fingerprint density at radius 3 is 2.47 bits per heavy atom. The summed E-state index contributed by atoms with van der Waals surface area (Å²) in [6, 6.07) is 19.8. The van der Waals surface area contributed by atoms with Crippen molar-refractivity contribution in [2.45, 2.75) is 19.6 Å². The Balaban J connectivity index is 1.67. The molecular weight excluding hydrogens is 382 g/mol. The fourth-order valence-electron chi connectivity index (χ4n) is 3.05. The van der Waals surface area contributed by atoms with Gasteiger partial charge in [-0.15, -0.1) is 0 Å². The molecule has 7 nitrogen and oxygen atoms in total. The maximum atomic E-state index is 12.7. The highest BCUT2D eigenvalue weighted by atomic mass is 16.3. The highest BCUT2D eigenvalue weighted by molar-refractivity contribution is 6.04. The van der Waals surface area contributed by atoms with E-state index in [0.29, 0.717) is 23.6 Å². The van der Waals surface area contributed by atoms with E-state index in [0.717, 1.165) is 5.69 Å². The first-order valence-electron chi connectivity index (χ1n) is 9.70. The minimum Gasteiger partial charge on any atom is -0.467 e. The van der Waals surface area contributed by atoms with Crippen LogP contribution in [-0.4, -0.2) is 36.1 Å². The third-order valence-corrected chi connectivity index (χ3v) is 4.39. The smallest absolute Gasteiger partial charge is 0.253 e. The molecule has 3 rings (SSSR count). The van der Waals surface area contributed by atoms with Crippen molar-refractivity contribution >= 4 is 23.2 Å². The van der Waals surface area contributed by atoms with Gasteiger partial charge in [-0.25, -0.2) is 0 Å². The van der Waals surface area contributed by atoms with Gasteiger partial charge in [-0.1, -0.05) is 30.3 Å². The number of anilines is 2. The summed E-state index contributed by atoms with van der Waals surface area (Å²) in [7, 11) is 0. The topological polar surface area (TPSA) is 94.8 Å². The van der Waals surface area contributed by atoms with Crippen molar-refractivity contribution in [3.8, 4) is 0 Å². The van der Waals surface area contributed by atoms with Crippen LogP contribution in [0.1, 0.15) is 23.0 Å². The van der Waals surface area contributed by atoms with Gasteiger partial charge in [0, 0.05) is 12.2 Å². The number of hydrogen-bond acceptors (Lipinski definition) is 5. The van der Waals surface area contributed by atoms with E-state index in [1.807, 2.05) is 30.3 Å². The monoisotopic (exact) mass is 407 g/mol. The third kappa shape index (κ3) is 5.96. The van der Waals surface area contributed by atoms with Crippen molar-refractivity contribution in [2.24, 2.45) is 0 Å². The summed E-state index contributed by atoms with van der Waals surface area (Å²) >= 11 is 0. The number of carbonyl (C=O) groups excluding carboxylic acids is 2. The molecule has 7 heteroatoms. The van der Waals surface area contributed by atoms with Crippen molar-refractivity contribution in [1.82, 2.24) is 5.32 Å². The van der Waals surface area contributed by atoms with Gasteiger partial charge >= 0.3 is 0 Å². The molecule has 30 heavy (non-hydrogen) atoms. The highest BCUT2D eigenvalue weighted by Gasteiger charge is 2.17. The van der Waals surface area contributed by atoms with E-state index in [9.17, 15) is 14.7 Å². The summed E-state index contributed by atoms with van der Waals surface area (Å²) in [6.45, 7) is 2.27. The van der Waals surface area contributed by atoms with Crippen molar-refractivity contribution in [2.75, 3.05) is 23.3 Å². The lowest BCUT2D eigenvalue weighted by molar-refractivity contribution is -0.115. The molecule has 1 aromatic heterocycles. The molecule has 0 aliphatic carbocycles. The molecule has 2 aromatic carbocycles. The lowest BCUT2D eigenvalue weighted by Crippen LogP contribution is -2.38. The third-order valence-electron chi connectivity index (χ3n) is 4.39. The zero-order chi connectivity index (χ0) is 21.3. The molecule has 2 amide bonds. The summed E-state index contributed by atoms with van der Waals surface area (Å²) in [5.74, 6) is 0.0403. The van der Waals surface area contributed by atoms with E-state index >= 15 is 0 Å². The number of amides is 2.